The lowest BCUT2D eigenvalue weighted by Gasteiger charge is -2.60. The zero-order valence-electron chi connectivity index (χ0n) is 29.6. The Bertz CT molecular complexity index is 1400. The van der Waals surface area contributed by atoms with Crippen molar-refractivity contribution in [1.29, 1.82) is 5.26 Å². The molecule has 4 bridgehead atoms. The standard InChI is InChI=1S/C37H57N7OSSi/c1-7-46-34-27(9-8-14-39-34)22-41-35-42-23-30(20-38)33(44-35)43-24-37-17-26-15-28(18-37)32(29(16-26)19-37)40-21-25-10-12-31(13-11-25)45-47(5,6)36(2,3)4/h8-9,14,23,25-26,28-29,31-32,40H,7,10-13,15-19,21-22,24H2,1-6H3,(H2,41,42,43,44)/t25?,26?,28-,29+,31?,32?,37?. The van der Waals surface area contributed by atoms with Crippen molar-refractivity contribution in [3.8, 4) is 6.07 Å². The molecule has 47 heavy (non-hydrogen) atoms. The summed E-state index contributed by atoms with van der Waals surface area (Å²) in [6.07, 6.45) is 15.6. The summed E-state index contributed by atoms with van der Waals surface area (Å²) in [6, 6.07) is 7.03. The summed E-state index contributed by atoms with van der Waals surface area (Å²) in [6.45, 7) is 16.6. The molecule has 256 valence electrons. The summed E-state index contributed by atoms with van der Waals surface area (Å²) < 4.78 is 6.77. The minimum atomic E-state index is -1.69. The molecule has 8 nitrogen and oxygen atoms in total. The highest BCUT2D eigenvalue weighted by atomic mass is 32.2. The maximum Gasteiger partial charge on any atom is 0.224 e. The topological polar surface area (TPSA) is 108 Å². The zero-order chi connectivity index (χ0) is 33.2. The highest BCUT2D eigenvalue weighted by molar-refractivity contribution is 7.99. The number of thioether (sulfide) groups is 1. The van der Waals surface area contributed by atoms with Crippen molar-refractivity contribution in [1.82, 2.24) is 20.3 Å². The van der Waals surface area contributed by atoms with E-state index >= 15 is 0 Å². The Labute approximate surface area is 288 Å². The number of anilines is 2. The van der Waals surface area contributed by atoms with Gasteiger partial charge in [0.1, 0.15) is 22.5 Å². The van der Waals surface area contributed by atoms with Crippen molar-refractivity contribution < 1.29 is 4.43 Å². The van der Waals surface area contributed by atoms with Crippen LogP contribution in [-0.2, 0) is 11.0 Å². The molecule has 10 heteroatoms. The van der Waals surface area contributed by atoms with Gasteiger partial charge in [-0.15, -0.1) is 11.8 Å². The van der Waals surface area contributed by atoms with Crippen LogP contribution < -0.4 is 16.0 Å². The number of hydrogen-bond donors (Lipinski definition) is 3. The number of nitriles is 1. The molecule has 0 saturated heterocycles. The number of rotatable bonds is 13. The molecular formula is C37H57N7OSSi. The second-order valence-corrected chi connectivity index (χ2v) is 22.6. The molecule has 0 aromatic carbocycles. The fraction of sp³-hybridized carbons (Fsp3) is 0.730. The Morgan fingerprint density at radius 1 is 1.06 bits per heavy atom. The fourth-order valence-corrected chi connectivity index (χ4v) is 11.2. The molecule has 3 unspecified atom stereocenters. The van der Waals surface area contributed by atoms with Crippen LogP contribution in [0.4, 0.5) is 11.8 Å². The Kier molecular flexibility index (Phi) is 10.6. The maximum atomic E-state index is 9.86. The van der Waals surface area contributed by atoms with Crippen molar-refractivity contribution in [2.24, 2.45) is 29.1 Å². The third-order valence-electron chi connectivity index (χ3n) is 12.2. The Balaban J connectivity index is 1.01. The maximum absolute atomic E-state index is 9.86. The van der Waals surface area contributed by atoms with Crippen LogP contribution in [0.1, 0.15) is 96.6 Å². The molecule has 3 N–H and O–H groups in total. The van der Waals surface area contributed by atoms with E-state index in [1.165, 1.54) is 64.3 Å². The third-order valence-corrected chi connectivity index (χ3v) is 17.7. The van der Waals surface area contributed by atoms with Gasteiger partial charge in [0, 0.05) is 37.0 Å². The summed E-state index contributed by atoms with van der Waals surface area (Å²) in [7, 11) is -1.69. The molecule has 5 fully saturated rings. The van der Waals surface area contributed by atoms with E-state index in [-0.39, 0.29) is 5.04 Å². The van der Waals surface area contributed by atoms with Crippen LogP contribution >= 0.6 is 11.8 Å². The van der Waals surface area contributed by atoms with Crippen LogP contribution in [0.25, 0.3) is 0 Å². The summed E-state index contributed by atoms with van der Waals surface area (Å²) >= 11 is 1.74. The van der Waals surface area contributed by atoms with E-state index < -0.39 is 8.32 Å². The van der Waals surface area contributed by atoms with Gasteiger partial charge in [0.25, 0.3) is 0 Å². The van der Waals surface area contributed by atoms with Crippen LogP contribution in [0.15, 0.2) is 29.6 Å². The Hall–Kier alpha value is -2.19. The van der Waals surface area contributed by atoms with E-state index in [0.29, 0.717) is 41.4 Å². The second-order valence-electron chi connectivity index (χ2n) is 16.6. The first kappa shape index (κ1) is 34.7. The number of pyridine rings is 1. The van der Waals surface area contributed by atoms with Gasteiger partial charge in [-0.3, -0.25) is 0 Å². The monoisotopic (exact) mass is 675 g/mol. The van der Waals surface area contributed by atoms with Gasteiger partial charge >= 0.3 is 0 Å². The minimum Gasteiger partial charge on any atom is -0.414 e. The van der Waals surface area contributed by atoms with E-state index in [2.05, 4.69) is 78.8 Å². The second kappa shape index (κ2) is 14.3. The van der Waals surface area contributed by atoms with Gasteiger partial charge in [-0.1, -0.05) is 33.8 Å². The summed E-state index contributed by atoms with van der Waals surface area (Å²) in [5.41, 5.74) is 1.93. The number of nitrogens with one attached hydrogen (secondary N) is 3. The van der Waals surface area contributed by atoms with Crippen molar-refractivity contribution in [3.05, 3.63) is 35.7 Å². The van der Waals surface area contributed by atoms with E-state index in [1.807, 2.05) is 12.3 Å². The van der Waals surface area contributed by atoms with Gasteiger partial charge in [0.15, 0.2) is 8.32 Å². The largest absolute Gasteiger partial charge is 0.414 e. The highest BCUT2D eigenvalue weighted by Crippen LogP contribution is 2.60. The van der Waals surface area contributed by atoms with Crippen LogP contribution in [0.3, 0.4) is 0 Å². The molecule has 7 rings (SSSR count). The first-order valence-corrected chi connectivity index (χ1v) is 22.1. The average Bonchev–Trinajstić information content (AvgIpc) is 3.03. The molecule has 5 saturated carbocycles. The lowest BCUT2D eigenvalue weighted by atomic mass is 9.48. The quantitative estimate of drug-likeness (QED) is 0.143. The molecule has 2 aromatic rings. The molecule has 5 aliphatic carbocycles. The highest BCUT2D eigenvalue weighted by Gasteiger charge is 2.55. The lowest BCUT2D eigenvalue weighted by Crippen LogP contribution is -2.60. The predicted molar refractivity (Wildman–Crippen MR) is 195 cm³/mol. The normalized spacial score (nSPS) is 30.2. The molecule has 0 radical (unpaired) electrons. The van der Waals surface area contributed by atoms with Crippen molar-refractivity contribution in [2.75, 3.05) is 29.5 Å². The van der Waals surface area contributed by atoms with E-state index in [0.717, 1.165) is 46.6 Å². The number of nitrogens with zero attached hydrogens (tertiary/aromatic N) is 4. The van der Waals surface area contributed by atoms with Gasteiger partial charge in [0.2, 0.25) is 5.95 Å². The summed E-state index contributed by atoms with van der Waals surface area (Å²) in [5, 5.41) is 22.3. The van der Waals surface area contributed by atoms with Gasteiger partial charge in [0.05, 0.1) is 6.20 Å². The van der Waals surface area contributed by atoms with Gasteiger partial charge in [-0.2, -0.15) is 10.2 Å². The SMILES string of the molecule is CCSc1ncccc1CNc1ncc(C#N)c(NCC23CC4C[C@H](C2)C(NCC2CCC(O[Si](C)(C)C(C)(C)C)CC2)[C@@H](C4)C3)n1. The van der Waals surface area contributed by atoms with Crippen LogP contribution in [0.2, 0.25) is 18.1 Å². The predicted octanol–water partition coefficient (Wildman–Crippen LogP) is 8.24. The first-order chi connectivity index (χ1) is 22.5. The fourth-order valence-electron chi connectivity index (χ4n) is 9.05. The minimum absolute atomic E-state index is 0.281. The molecule has 2 aromatic heterocycles. The van der Waals surface area contributed by atoms with Crippen molar-refractivity contribution >= 4 is 31.8 Å². The number of hydrogen-bond acceptors (Lipinski definition) is 9. The smallest absolute Gasteiger partial charge is 0.224 e. The van der Waals surface area contributed by atoms with E-state index in [1.54, 1.807) is 18.0 Å². The Morgan fingerprint density at radius 2 is 1.81 bits per heavy atom. The van der Waals surface area contributed by atoms with Crippen LogP contribution in [0, 0.1) is 40.4 Å². The molecule has 0 spiro atoms. The Morgan fingerprint density at radius 3 is 2.49 bits per heavy atom. The summed E-state index contributed by atoms with van der Waals surface area (Å²) in [4.78, 5) is 13.8. The molecule has 5 aliphatic rings. The molecule has 5 atom stereocenters. The molecular weight excluding hydrogens is 619 g/mol. The summed E-state index contributed by atoms with van der Waals surface area (Å²) in [5.74, 6) is 5.30. The molecule has 0 amide bonds. The molecule has 2 heterocycles. The average molecular weight is 676 g/mol. The van der Waals surface area contributed by atoms with Crippen molar-refractivity contribution in [3.63, 3.8) is 0 Å². The van der Waals surface area contributed by atoms with Crippen LogP contribution in [0.5, 0.6) is 0 Å². The van der Waals surface area contributed by atoms with E-state index in [4.69, 9.17) is 9.41 Å². The van der Waals surface area contributed by atoms with Crippen LogP contribution in [-0.4, -0.2) is 54.3 Å². The van der Waals surface area contributed by atoms with Gasteiger partial charge in [-0.05, 0) is 123 Å². The third kappa shape index (κ3) is 8.00. The first-order valence-electron chi connectivity index (χ1n) is 18.2. The van der Waals surface area contributed by atoms with Gasteiger partial charge < -0.3 is 20.4 Å². The van der Waals surface area contributed by atoms with Crippen molar-refractivity contribution in [2.45, 2.75) is 127 Å². The molecule has 0 aliphatic heterocycles. The van der Waals surface area contributed by atoms with E-state index in [9.17, 15) is 5.26 Å². The van der Waals surface area contributed by atoms with Gasteiger partial charge in [-0.25, -0.2) is 9.97 Å². The zero-order valence-corrected chi connectivity index (χ0v) is 31.4. The lowest BCUT2D eigenvalue weighted by molar-refractivity contribution is -0.0704. The number of aromatic nitrogens is 3.